The van der Waals surface area contributed by atoms with E-state index in [9.17, 15) is 4.79 Å². The number of imidazole rings is 1. The molecule has 1 amide bonds. The molecule has 0 spiro atoms. The topological polar surface area (TPSA) is 56.6 Å². The Kier molecular flexibility index (Phi) is 4.74. The van der Waals surface area contributed by atoms with Crippen molar-refractivity contribution in [3.05, 3.63) is 42.0 Å². The van der Waals surface area contributed by atoms with Crippen LogP contribution in [-0.4, -0.2) is 47.7 Å². The molecule has 0 saturated carbocycles. The van der Waals surface area contributed by atoms with Crippen LogP contribution in [0.4, 0.5) is 0 Å². The van der Waals surface area contributed by atoms with Crippen molar-refractivity contribution in [3.8, 4) is 11.5 Å². The van der Waals surface area contributed by atoms with E-state index < -0.39 is 0 Å². The van der Waals surface area contributed by atoms with Crippen LogP contribution in [0.3, 0.4) is 0 Å². The van der Waals surface area contributed by atoms with Gasteiger partial charge in [-0.3, -0.25) is 4.79 Å². The lowest BCUT2D eigenvalue weighted by Crippen LogP contribution is -2.39. The quantitative estimate of drug-likeness (QED) is 0.864. The molecule has 3 rings (SSSR count). The predicted octanol–water partition coefficient (Wildman–Crippen LogP) is 2.46. The molecule has 2 heterocycles. The number of likely N-dealkylation sites (tertiary alicyclic amines) is 1. The average molecular weight is 329 g/mol. The molecule has 0 N–H and O–H groups in total. The van der Waals surface area contributed by atoms with Gasteiger partial charge in [-0.2, -0.15) is 0 Å². The van der Waals surface area contributed by atoms with E-state index in [2.05, 4.69) is 4.98 Å². The molecule has 2 aromatic rings. The number of benzene rings is 1. The SMILES string of the molecule is COc1cccc(C(=O)N2CCC[C@H](c3nccn3C)C2)c1OC. The van der Waals surface area contributed by atoms with Crippen LogP contribution < -0.4 is 9.47 Å². The molecule has 0 unspecified atom stereocenters. The number of rotatable bonds is 4. The number of amides is 1. The van der Waals surface area contributed by atoms with Crippen LogP contribution in [0.1, 0.15) is 34.9 Å². The fourth-order valence-corrected chi connectivity index (χ4v) is 3.37. The van der Waals surface area contributed by atoms with E-state index in [1.807, 2.05) is 28.8 Å². The van der Waals surface area contributed by atoms with E-state index >= 15 is 0 Å². The van der Waals surface area contributed by atoms with Gasteiger partial charge in [0.2, 0.25) is 0 Å². The largest absolute Gasteiger partial charge is 0.493 e. The molecule has 6 heteroatoms. The lowest BCUT2D eigenvalue weighted by Gasteiger charge is -2.32. The fraction of sp³-hybridized carbons (Fsp3) is 0.444. The van der Waals surface area contributed by atoms with Crippen molar-refractivity contribution in [2.75, 3.05) is 27.3 Å². The zero-order valence-corrected chi connectivity index (χ0v) is 14.4. The van der Waals surface area contributed by atoms with Crippen molar-refractivity contribution >= 4 is 5.91 Å². The Balaban J connectivity index is 1.84. The number of carbonyl (C=O) groups excluding carboxylic acids is 1. The molecule has 0 bridgehead atoms. The van der Waals surface area contributed by atoms with Gasteiger partial charge in [-0.15, -0.1) is 0 Å². The van der Waals surface area contributed by atoms with Crippen LogP contribution in [0.15, 0.2) is 30.6 Å². The van der Waals surface area contributed by atoms with Crippen molar-refractivity contribution in [3.63, 3.8) is 0 Å². The van der Waals surface area contributed by atoms with E-state index in [0.29, 0.717) is 23.6 Å². The molecular weight excluding hydrogens is 306 g/mol. The summed E-state index contributed by atoms with van der Waals surface area (Å²) in [5.41, 5.74) is 0.539. The minimum Gasteiger partial charge on any atom is -0.493 e. The Hall–Kier alpha value is -2.50. The van der Waals surface area contributed by atoms with E-state index in [-0.39, 0.29) is 11.8 Å². The van der Waals surface area contributed by atoms with Gasteiger partial charge in [-0.1, -0.05) is 6.07 Å². The number of nitrogens with zero attached hydrogens (tertiary/aromatic N) is 3. The van der Waals surface area contributed by atoms with Crippen molar-refractivity contribution in [1.82, 2.24) is 14.5 Å². The Bertz CT molecular complexity index is 726. The number of aromatic nitrogens is 2. The molecule has 128 valence electrons. The summed E-state index contributed by atoms with van der Waals surface area (Å²) in [6.07, 6.45) is 5.77. The summed E-state index contributed by atoms with van der Waals surface area (Å²) in [4.78, 5) is 19.3. The first-order chi connectivity index (χ1) is 11.7. The number of carbonyl (C=O) groups is 1. The molecule has 1 aliphatic heterocycles. The first-order valence-corrected chi connectivity index (χ1v) is 8.13. The zero-order valence-electron chi connectivity index (χ0n) is 14.4. The van der Waals surface area contributed by atoms with E-state index in [4.69, 9.17) is 9.47 Å². The van der Waals surface area contributed by atoms with Gasteiger partial charge in [-0.05, 0) is 25.0 Å². The van der Waals surface area contributed by atoms with Gasteiger partial charge in [0.25, 0.3) is 5.91 Å². The second kappa shape index (κ2) is 6.95. The molecule has 0 aliphatic carbocycles. The molecule has 1 atom stereocenters. The third-order valence-corrected chi connectivity index (χ3v) is 4.57. The monoisotopic (exact) mass is 329 g/mol. The van der Waals surface area contributed by atoms with E-state index in [1.54, 1.807) is 32.5 Å². The number of ether oxygens (including phenoxy) is 2. The number of aryl methyl sites for hydroxylation is 1. The van der Waals surface area contributed by atoms with Gasteiger partial charge in [0, 0.05) is 38.4 Å². The third kappa shape index (κ3) is 2.96. The molecule has 1 fully saturated rings. The minimum absolute atomic E-state index is 0.0235. The molecule has 1 aromatic carbocycles. The second-order valence-electron chi connectivity index (χ2n) is 6.03. The predicted molar refractivity (Wildman–Crippen MR) is 90.6 cm³/mol. The average Bonchev–Trinajstić information content (AvgIpc) is 3.06. The summed E-state index contributed by atoms with van der Waals surface area (Å²) in [6.45, 7) is 1.42. The molecule has 0 radical (unpaired) electrons. The van der Waals surface area contributed by atoms with Crippen LogP contribution in [-0.2, 0) is 7.05 Å². The Morgan fingerprint density at radius 3 is 2.79 bits per heavy atom. The van der Waals surface area contributed by atoms with Gasteiger partial charge in [0.15, 0.2) is 11.5 Å². The standard InChI is InChI=1S/C18H23N3O3/c1-20-11-9-19-17(20)13-6-5-10-21(12-13)18(22)14-7-4-8-15(23-2)16(14)24-3/h4,7-9,11,13H,5-6,10,12H2,1-3H3/t13-/m0/s1. The summed E-state index contributed by atoms with van der Waals surface area (Å²) in [5.74, 6) is 2.33. The summed E-state index contributed by atoms with van der Waals surface area (Å²) in [5, 5.41) is 0. The lowest BCUT2D eigenvalue weighted by atomic mass is 9.96. The van der Waals surface area contributed by atoms with Gasteiger partial charge in [0.05, 0.1) is 19.8 Å². The van der Waals surface area contributed by atoms with Crippen LogP contribution in [0, 0.1) is 0 Å². The molecule has 1 aromatic heterocycles. The first-order valence-electron chi connectivity index (χ1n) is 8.13. The Labute approximate surface area is 142 Å². The van der Waals surface area contributed by atoms with Crippen LogP contribution in [0.2, 0.25) is 0 Å². The van der Waals surface area contributed by atoms with Gasteiger partial charge < -0.3 is 18.9 Å². The Morgan fingerprint density at radius 1 is 1.29 bits per heavy atom. The summed E-state index contributed by atoms with van der Waals surface area (Å²) in [6, 6.07) is 5.39. The highest BCUT2D eigenvalue weighted by atomic mass is 16.5. The normalized spacial score (nSPS) is 17.6. The van der Waals surface area contributed by atoms with Gasteiger partial charge in [-0.25, -0.2) is 4.98 Å². The summed E-state index contributed by atoms with van der Waals surface area (Å²) < 4.78 is 12.7. The van der Waals surface area contributed by atoms with E-state index in [1.165, 1.54) is 0 Å². The molecule has 24 heavy (non-hydrogen) atoms. The smallest absolute Gasteiger partial charge is 0.257 e. The third-order valence-electron chi connectivity index (χ3n) is 4.57. The highest BCUT2D eigenvalue weighted by molar-refractivity contribution is 5.98. The highest BCUT2D eigenvalue weighted by Gasteiger charge is 2.29. The van der Waals surface area contributed by atoms with Crippen molar-refractivity contribution in [1.29, 1.82) is 0 Å². The second-order valence-corrected chi connectivity index (χ2v) is 6.03. The fourth-order valence-electron chi connectivity index (χ4n) is 3.37. The minimum atomic E-state index is -0.0235. The van der Waals surface area contributed by atoms with Crippen molar-refractivity contribution in [2.24, 2.45) is 7.05 Å². The summed E-state index contributed by atoms with van der Waals surface area (Å²) in [7, 11) is 5.12. The van der Waals surface area contributed by atoms with Gasteiger partial charge >= 0.3 is 0 Å². The molecule has 1 saturated heterocycles. The number of methoxy groups -OCH3 is 2. The number of para-hydroxylation sites is 1. The molecular formula is C18H23N3O3. The highest BCUT2D eigenvalue weighted by Crippen LogP contribution is 2.33. The first kappa shape index (κ1) is 16.4. The maximum Gasteiger partial charge on any atom is 0.257 e. The molecule has 6 nitrogen and oxygen atoms in total. The maximum atomic E-state index is 13.0. The van der Waals surface area contributed by atoms with Crippen molar-refractivity contribution in [2.45, 2.75) is 18.8 Å². The van der Waals surface area contributed by atoms with Gasteiger partial charge in [0.1, 0.15) is 5.82 Å². The zero-order chi connectivity index (χ0) is 17.1. The number of hydrogen-bond donors (Lipinski definition) is 0. The van der Waals surface area contributed by atoms with Crippen molar-refractivity contribution < 1.29 is 14.3 Å². The van der Waals surface area contributed by atoms with Crippen LogP contribution in [0.5, 0.6) is 11.5 Å². The van der Waals surface area contributed by atoms with E-state index in [0.717, 1.165) is 25.2 Å². The number of piperidine rings is 1. The summed E-state index contributed by atoms with van der Waals surface area (Å²) >= 11 is 0. The van der Waals surface area contributed by atoms with Crippen LogP contribution >= 0.6 is 0 Å². The molecule has 1 aliphatic rings. The Morgan fingerprint density at radius 2 is 2.12 bits per heavy atom. The lowest BCUT2D eigenvalue weighted by molar-refractivity contribution is 0.0699. The van der Waals surface area contributed by atoms with Crippen LogP contribution in [0.25, 0.3) is 0 Å². The maximum absolute atomic E-state index is 13.0. The number of hydrogen-bond acceptors (Lipinski definition) is 4.